The molecule has 3 rings (SSSR count). The number of carbonyl (C=O) groups is 1. The number of ether oxygens (including phenoxy) is 3. The van der Waals surface area contributed by atoms with E-state index in [2.05, 4.69) is 0 Å². The van der Waals surface area contributed by atoms with Crippen molar-refractivity contribution < 1.29 is 27.4 Å². The number of hydrogen-bond donors (Lipinski definition) is 0. The Labute approximate surface area is 229 Å². The normalized spacial score (nSPS) is 11.5. The summed E-state index contributed by atoms with van der Waals surface area (Å²) in [6.45, 7) is 3.63. The Balaban J connectivity index is 1.80. The third-order valence-electron chi connectivity index (χ3n) is 5.99. The fourth-order valence-electron chi connectivity index (χ4n) is 3.95. The van der Waals surface area contributed by atoms with Gasteiger partial charge in [-0.15, -0.1) is 11.3 Å². The zero-order valence-corrected chi connectivity index (χ0v) is 23.8. The quantitative estimate of drug-likeness (QED) is 0.241. The number of amides is 1. The minimum Gasteiger partial charge on any atom is -0.493 e. The number of nitrogens with zero attached hydrogens (tertiary/aromatic N) is 2. The van der Waals surface area contributed by atoms with E-state index < -0.39 is 10.0 Å². The van der Waals surface area contributed by atoms with Crippen LogP contribution >= 0.6 is 11.3 Å². The summed E-state index contributed by atoms with van der Waals surface area (Å²) >= 11 is 1.56. The number of sulfonamides is 1. The van der Waals surface area contributed by atoms with Crippen molar-refractivity contribution in [2.45, 2.75) is 31.2 Å². The Morgan fingerprint density at radius 1 is 0.947 bits per heavy atom. The highest BCUT2D eigenvalue weighted by atomic mass is 32.2. The molecule has 1 heterocycles. The second-order valence-corrected chi connectivity index (χ2v) is 11.5. The van der Waals surface area contributed by atoms with Crippen LogP contribution < -0.4 is 9.47 Å². The zero-order chi connectivity index (χ0) is 27.4. The molecule has 0 saturated carbocycles. The van der Waals surface area contributed by atoms with E-state index in [-0.39, 0.29) is 23.9 Å². The van der Waals surface area contributed by atoms with E-state index in [4.69, 9.17) is 14.2 Å². The highest BCUT2D eigenvalue weighted by molar-refractivity contribution is 7.89. The van der Waals surface area contributed by atoms with Crippen LogP contribution in [0.15, 0.2) is 70.9 Å². The highest BCUT2D eigenvalue weighted by Crippen LogP contribution is 2.28. The van der Waals surface area contributed by atoms with Gasteiger partial charge < -0.3 is 19.1 Å². The number of methoxy groups -OCH3 is 2. The fourth-order valence-corrected chi connectivity index (χ4v) is 6.12. The molecule has 0 spiro atoms. The topological polar surface area (TPSA) is 85.4 Å². The van der Waals surface area contributed by atoms with E-state index in [1.807, 2.05) is 42.6 Å². The van der Waals surface area contributed by atoms with Crippen molar-refractivity contribution in [2.24, 2.45) is 0 Å². The smallest absolute Gasteiger partial charge is 0.243 e. The largest absolute Gasteiger partial charge is 0.493 e. The van der Waals surface area contributed by atoms with Gasteiger partial charge >= 0.3 is 0 Å². The van der Waals surface area contributed by atoms with E-state index in [0.717, 1.165) is 10.4 Å². The SMILES string of the molecule is CCOCCCN(CC(=O)N(CCc1ccc(OC)c(OC)c1)Cc1cccs1)S(=O)(=O)c1ccccc1. The van der Waals surface area contributed by atoms with Gasteiger partial charge in [-0.05, 0) is 61.0 Å². The van der Waals surface area contributed by atoms with Crippen LogP contribution in [0.2, 0.25) is 0 Å². The van der Waals surface area contributed by atoms with Crippen LogP contribution in [0, 0.1) is 0 Å². The second kappa shape index (κ2) is 14.9. The predicted molar refractivity (Wildman–Crippen MR) is 149 cm³/mol. The Kier molecular flexibility index (Phi) is 11.6. The third kappa shape index (κ3) is 8.29. The van der Waals surface area contributed by atoms with E-state index in [1.165, 1.54) is 4.31 Å². The first-order valence-corrected chi connectivity index (χ1v) is 14.8. The molecule has 0 fully saturated rings. The van der Waals surface area contributed by atoms with E-state index in [1.54, 1.807) is 60.8 Å². The lowest BCUT2D eigenvalue weighted by molar-refractivity contribution is -0.132. The monoisotopic (exact) mass is 560 g/mol. The summed E-state index contributed by atoms with van der Waals surface area (Å²) in [5.41, 5.74) is 0.983. The van der Waals surface area contributed by atoms with Gasteiger partial charge in [-0.3, -0.25) is 4.79 Å². The van der Waals surface area contributed by atoms with Gasteiger partial charge in [0.05, 0.1) is 32.2 Å². The summed E-state index contributed by atoms with van der Waals surface area (Å²) in [5, 5.41) is 1.96. The average Bonchev–Trinajstić information content (AvgIpc) is 3.46. The summed E-state index contributed by atoms with van der Waals surface area (Å²) in [4.78, 5) is 16.6. The molecule has 0 saturated heterocycles. The summed E-state index contributed by atoms with van der Waals surface area (Å²) in [7, 11) is -0.689. The van der Waals surface area contributed by atoms with E-state index in [9.17, 15) is 13.2 Å². The van der Waals surface area contributed by atoms with Gasteiger partial charge in [-0.1, -0.05) is 30.3 Å². The van der Waals surface area contributed by atoms with Crippen molar-refractivity contribution in [2.75, 3.05) is 47.1 Å². The lowest BCUT2D eigenvalue weighted by Crippen LogP contribution is -2.43. The van der Waals surface area contributed by atoms with Crippen molar-refractivity contribution in [3.05, 3.63) is 76.5 Å². The molecule has 0 N–H and O–H groups in total. The number of carbonyl (C=O) groups excluding carboxylic acids is 1. The van der Waals surface area contributed by atoms with Crippen LogP contribution in [0.3, 0.4) is 0 Å². The van der Waals surface area contributed by atoms with Gasteiger partial charge in [0.25, 0.3) is 0 Å². The average molecular weight is 561 g/mol. The summed E-state index contributed by atoms with van der Waals surface area (Å²) in [6, 6.07) is 17.8. The predicted octanol–water partition coefficient (Wildman–Crippen LogP) is 4.45. The molecule has 38 heavy (non-hydrogen) atoms. The molecule has 10 heteroatoms. The molecular formula is C28H36N2O6S2. The number of thiophene rings is 1. The molecule has 0 aliphatic carbocycles. The Morgan fingerprint density at radius 3 is 2.37 bits per heavy atom. The molecular weight excluding hydrogens is 524 g/mol. The van der Waals surface area contributed by atoms with E-state index in [0.29, 0.717) is 50.6 Å². The molecule has 1 amide bonds. The number of benzene rings is 2. The maximum absolute atomic E-state index is 13.6. The third-order valence-corrected chi connectivity index (χ3v) is 8.71. The summed E-state index contributed by atoms with van der Waals surface area (Å²) in [5.74, 6) is 1.00. The van der Waals surface area contributed by atoms with Crippen molar-refractivity contribution in [1.29, 1.82) is 0 Å². The van der Waals surface area contributed by atoms with Gasteiger partial charge in [-0.2, -0.15) is 4.31 Å². The molecule has 0 bridgehead atoms. The lowest BCUT2D eigenvalue weighted by Gasteiger charge is -2.27. The standard InChI is InChI=1S/C28H36N2O6S2/c1-4-36-18-9-16-30(38(32,33)25-11-6-5-7-12-25)22-28(31)29(21-24-10-8-19-37-24)17-15-23-13-14-26(34-2)27(20-23)35-3/h5-8,10-14,19-20H,4,9,15-18,21-22H2,1-3H3. The van der Waals surface area contributed by atoms with Crippen LogP contribution in [0.25, 0.3) is 0 Å². The molecule has 0 unspecified atom stereocenters. The van der Waals surface area contributed by atoms with Crippen LogP contribution in [0.4, 0.5) is 0 Å². The van der Waals surface area contributed by atoms with Crippen molar-refractivity contribution >= 4 is 27.3 Å². The fraction of sp³-hybridized carbons (Fsp3) is 0.393. The molecule has 0 aliphatic heterocycles. The minimum atomic E-state index is -3.86. The van der Waals surface area contributed by atoms with Crippen LogP contribution in [-0.2, 0) is 32.5 Å². The molecule has 3 aromatic rings. The molecule has 0 radical (unpaired) electrons. The Bertz CT molecular complexity index is 1230. The molecule has 0 aliphatic rings. The molecule has 2 aromatic carbocycles. The number of rotatable bonds is 16. The van der Waals surface area contributed by atoms with Crippen LogP contribution in [0.1, 0.15) is 23.8 Å². The zero-order valence-electron chi connectivity index (χ0n) is 22.2. The van der Waals surface area contributed by atoms with E-state index >= 15 is 0 Å². The first kappa shape index (κ1) is 29.6. The van der Waals surface area contributed by atoms with Gasteiger partial charge in [0.1, 0.15) is 0 Å². The molecule has 0 atom stereocenters. The lowest BCUT2D eigenvalue weighted by atomic mass is 10.1. The summed E-state index contributed by atoms with van der Waals surface area (Å²) < 4.78 is 44.4. The Hall–Kier alpha value is -2.92. The van der Waals surface area contributed by atoms with Crippen molar-refractivity contribution in [3.63, 3.8) is 0 Å². The molecule has 8 nitrogen and oxygen atoms in total. The van der Waals surface area contributed by atoms with Crippen LogP contribution in [-0.4, -0.2) is 70.6 Å². The minimum absolute atomic E-state index is 0.166. The number of hydrogen-bond acceptors (Lipinski definition) is 7. The first-order valence-electron chi connectivity index (χ1n) is 12.5. The molecule has 1 aromatic heterocycles. The highest BCUT2D eigenvalue weighted by Gasteiger charge is 2.28. The maximum atomic E-state index is 13.6. The molecule has 206 valence electrons. The first-order chi connectivity index (χ1) is 18.4. The van der Waals surface area contributed by atoms with Gasteiger partial charge in [0.2, 0.25) is 15.9 Å². The second-order valence-electron chi connectivity index (χ2n) is 8.54. The van der Waals surface area contributed by atoms with Gasteiger partial charge in [0, 0.05) is 31.2 Å². The maximum Gasteiger partial charge on any atom is 0.243 e. The van der Waals surface area contributed by atoms with Crippen molar-refractivity contribution in [1.82, 2.24) is 9.21 Å². The van der Waals surface area contributed by atoms with Gasteiger partial charge in [0.15, 0.2) is 11.5 Å². The summed E-state index contributed by atoms with van der Waals surface area (Å²) in [6.07, 6.45) is 1.07. The van der Waals surface area contributed by atoms with Crippen LogP contribution in [0.5, 0.6) is 11.5 Å². The van der Waals surface area contributed by atoms with Crippen molar-refractivity contribution in [3.8, 4) is 11.5 Å². The van der Waals surface area contributed by atoms with Gasteiger partial charge in [-0.25, -0.2) is 8.42 Å². The Morgan fingerprint density at radius 2 is 1.71 bits per heavy atom.